The first-order valence-electron chi connectivity index (χ1n) is 12.5. The number of carbonyl (C=O) groups excluding carboxylic acids is 1. The summed E-state index contributed by atoms with van der Waals surface area (Å²) in [6.07, 6.45) is 7.26. The third-order valence-corrected chi connectivity index (χ3v) is 8.14. The highest BCUT2D eigenvalue weighted by atomic mass is 32.1. The van der Waals surface area contributed by atoms with Gasteiger partial charge in [-0.1, -0.05) is 26.8 Å². The predicted octanol–water partition coefficient (Wildman–Crippen LogP) is 6.83. The number of rotatable bonds is 8. The standard InChI is InChI=1S/C28H38N4OS/c1-6-31-16-13-23-25(18-31)34-27(32-14-7-8-15-32)26(23)24(12-9-19(2)3)30-28(33)29-22-11-10-20(4)21(5)17-22/h7-8,10-11,14-15,17,19,24H,6,9,12-13,16,18H2,1-5H3,(H2,29,30,33)/t24-/m0/s1. The molecule has 0 unspecified atom stereocenters. The van der Waals surface area contributed by atoms with Crippen LogP contribution in [0.3, 0.4) is 0 Å². The molecule has 0 saturated carbocycles. The van der Waals surface area contributed by atoms with Crippen molar-refractivity contribution in [3.8, 4) is 5.00 Å². The summed E-state index contributed by atoms with van der Waals surface area (Å²) in [6.45, 7) is 14.0. The van der Waals surface area contributed by atoms with Crippen molar-refractivity contribution in [2.24, 2.45) is 5.92 Å². The summed E-state index contributed by atoms with van der Waals surface area (Å²) in [7, 11) is 0. The third-order valence-electron chi connectivity index (χ3n) is 6.89. The van der Waals surface area contributed by atoms with E-state index in [0.717, 1.165) is 44.6 Å². The van der Waals surface area contributed by atoms with Crippen LogP contribution >= 0.6 is 11.3 Å². The van der Waals surface area contributed by atoms with Gasteiger partial charge >= 0.3 is 6.03 Å². The molecule has 4 rings (SSSR count). The number of likely N-dealkylation sites (N-methyl/N-ethyl adjacent to an activating group) is 1. The van der Waals surface area contributed by atoms with Crippen LogP contribution < -0.4 is 10.6 Å². The summed E-state index contributed by atoms with van der Waals surface area (Å²) in [6, 6.07) is 10.0. The van der Waals surface area contributed by atoms with Gasteiger partial charge in [-0.25, -0.2) is 4.79 Å². The molecule has 1 aromatic carbocycles. The lowest BCUT2D eigenvalue weighted by molar-refractivity contribution is 0.246. The van der Waals surface area contributed by atoms with Gasteiger partial charge in [0.05, 0.1) is 6.04 Å². The van der Waals surface area contributed by atoms with E-state index < -0.39 is 0 Å². The molecule has 1 aliphatic heterocycles. The Balaban J connectivity index is 1.66. The first kappa shape index (κ1) is 24.6. The lowest BCUT2D eigenvalue weighted by atomic mass is 9.92. The van der Waals surface area contributed by atoms with Crippen LogP contribution in [0.4, 0.5) is 10.5 Å². The molecular formula is C28H38N4OS. The number of hydrogen-bond donors (Lipinski definition) is 2. The van der Waals surface area contributed by atoms with Gasteiger partial charge in [-0.2, -0.15) is 0 Å². The van der Waals surface area contributed by atoms with Gasteiger partial charge in [-0.15, -0.1) is 11.3 Å². The second-order valence-electron chi connectivity index (χ2n) is 9.85. The SMILES string of the molecule is CCN1CCc2c(sc(-n3cccc3)c2[C@H](CCC(C)C)NC(=O)Nc2ccc(C)c(C)c2)C1. The van der Waals surface area contributed by atoms with Crippen LogP contribution in [0.1, 0.15) is 66.8 Å². The van der Waals surface area contributed by atoms with Crippen molar-refractivity contribution < 1.29 is 4.79 Å². The molecule has 2 N–H and O–H groups in total. The average Bonchev–Trinajstić information content (AvgIpc) is 3.46. The Labute approximate surface area is 208 Å². The molecule has 5 nitrogen and oxygen atoms in total. The maximum atomic E-state index is 13.2. The number of carbonyl (C=O) groups is 1. The molecule has 0 aliphatic carbocycles. The Morgan fingerprint density at radius 1 is 1.12 bits per heavy atom. The Morgan fingerprint density at radius 3 is 2.56 bits per heavy atom. The van der Waals surface area contributed by atoms with E-state index in [1.165, 1.54) is 32.1 Å². The van der Waals surface area contributed by atoms with Gasteiger partial charge in [0.2, 0.25) is 0 Å². The third kappa shape index (κ3) is 5.56. The van der Waals surface area contributed by atoms with E-state index >= 15 is 0 Å². The fraction of sp³-hybridized carbons (Fsp3) is 0.464. The topological polar surface area (TPSA) is 49.3 Å². The normalized spacial score (nSPS) is 14.8. The molecule has 1 aliphatic rings. The largest absolute Gasteiger partial charge is 0.331 e. The average molecular weight is 479 g/mol. The zero-order valence-corrected chi connectivity index (χ0v) is 22.0. The Hall–Kier alpha value is -2.57. The lowest BCUT2D eigenvalue weighted by Crippen LogP contribution is -2.35. The summed E-state index contributed by atoms with van der Waals surface area (Å²) in [4.78, 5) is 17.1. The molecule has 0 fully saturated rings. The summed E-state index contributed by atoms with van der Waals surface area (Å²) in [5.74, 6) is 0.576. The van der Waals surface area contributed by atoms with Crippen molar-refractivity contribution in [3.05, 3.63) is 69.9 Å². The number of hydrogen-bond acceptors (Lipinski definition) is 3. The molecule has 3 heterocycles. The number of nitrogens with zero attached hydrogens (tertiary/aromatic N) is 2. The van der Waals surface area contributed by atoms with Crippen molar-refractivity contribution in [1.29, 1.82) is 0 Å². The number of fused-ring (bicyclic) bond motifs is 1. The molecule has 0 spiro atoms. The summed E-state index contributed by atoms with van der Waals surface area (Å²) < 4.78 is 2.22. The second-order valence-corrected chi connectivity index (χ2v) is 10.9. The highest BCUT2D eigenvalue weighted by Gasteiger charge is 2.30. The maximum absolute atomic E-state index is 13.2. The zero-order valence-electron chi connectivity index (χ0n) is 21.1. The number of thiophene rings is 1. The quantitative estimate of drug-likeness (QED) is 0.373. The smallest absolute Gasteiger partial charge is 0.319 e. The van der Waals surface area contributed by atoms with Crippen molar-refractivity contribution >= 4 is 23.1 Å². The van der Waals surface area contributed by atoms with Gasteiger partial charge in [0.1, 0.15) is 5.00 Å². The molecule has 3 aromatic rings. The van der Waals surface area contributed by atoms with Crippen LogP contribution in [0.2, 0.25) is 0 Å². The number of aromatic nitrogens is 1. The molecule has 2 aromatic heterocycles. The van der Waals surface area contributed by atoms with E-state index in [-0.39, 0.29) is 12.1 Å². The van der Waals surface area contributed by atoms with Crippen LogP contribution in [0.5, 0.6) is 0 Å². The number of aryl methyl sites for hydroxylation is 2. The van der Waals surface area contributed by atoms with E-state index in [1.54, 1.807) is 0 Å². The Bertz CT molecular complexity index is 1120. The minimum atomic E-state index is -0.138. The van der Waals surface area contributed by atoms with Crippen molar-refractivity contribution in [3.63, 3.8) is 0 Å². The Kier molecular flexibility index (Phi) is 7.79. The van der Waals surface area contributed by atoms with Crippen LogP contribution in [0.25, 0.3) is 5.00 Å². The highest BCUT2D eigenvalue weighted by molar-refractivity contribution is 7.15. The number of nitrogens with one attached hydrogen (secondary N) is 2. The minimum absolute atomic E-state index is 0.0282. The monoisotopic (exact) mass is 478 g/mol. The Morgan fingerprint density at radius 2 is 1.88 bits per heavy atom. The summed E-state index contributed by atoms with van der Waals surface area (Å²) in [5.41, 5.74) is 5.99. The van der Waals surface area contributed by atoms with Crippen molar-refractivity contribution in [1.82, 2.24) is 14.8 Å². The van der Waals surface area contributed by atoms with Crippen LogP contribution in [-0.2, 0) is 13.0 Å². The first-order chi connectivity index (χ1) is 16.4. The highest BCUT2D eigenvalue weighted by Crippen LogP contribution is 2.41. The van der Waals surface area contributed by atoms with Gasteiger partial charge in [-0.05, 0) is 86.5 Å². The van der Waals surface area contributed by atoms with Gasteiger partial charge in [0, 0.05) is 41.6 Å². The van der Waals surface area contributed by atoms with Crippen LogP contribution in [-0.4, -0.2) is 28.6 Å². The molecule has 0 bridgehead atoms. The fourth-order valence-electron chi connectivity index (χ4n) is 4.69. The number of urea groups is 1. The number of amides is 2. The van der Waals surface area contributed by atoms with Gasteiger partial charge < -0.3 is 15.2 Å². The molecule has 182 valence electrons. The predicted molar refractivity (Wildman–Crippen MR) is 143 cm³/mol. The molecule has 0 saturated heterocycles. The summed E-state index contributed by atoms with van der Waals surface area (Å²) >= 11 is 1.89. The molecule has 6 heteroatoms. The van der Waals surface area contributed by atoms with Crippen molar-refractivity contribution in [2.75, 3.05) is 18.4 Å². The number of anilines is 1. The fourth-order valence-corrected chi connectivity index (χ4v) is 6.11. The van der Waals surface area contributed by atoms with Gasteiger partial charge in [0.25, 0.3) is 0 Å². The van der Waals surface area contributed by atoms with E-state index in [9.17, 15) is 4.79 Å². The number of benzene rings is 1. The van der Waals surface area contributed by atoms with Crippen molar-refractivity contribution in [2.45, 2.75) is 66.5 Å². The van der Waals surface area contributed by atoms with Gasteiger partial charge in [0.15, 0.2) is 0 Å². The second kappa shape index (κ2) is 10.8. The molecule has 34 heavy (non-hydrogen) atoms. The maximum Gasteiger partial charge on any atom is 0.319 e. The molecule has 1 atom stereocenters. The minimum Gasteiger partial charge on any atom is -0.331 e. The van der Waals surface area contributed by atoms with Gasteiger partial charge in [-0.3, -0.25) is 4.90 Å². The summed E-state index contributed by atoms with van der Waals surface area (Å²) in [5, 5.41) is 7.69. The van der Waals surface area contributed by atoms with E-state index in [0.29, 0.717) is 5.92 Å². The zero-order chi connectivity index (χ0) is 24.2. The molecular weight excluding hydrogens is 440 g/mol. The molecule has 0 radical (unpaired) electrons. The molecule has 2 amide bonds. The van der Waals surface area contributed by atoms with E-state index in [2.05, 4.69) is 85.3 Å². The first-order valence-corrected chi connectivity index (χ1v) is 13.3. The van der Waals surface area contributed by atoms with Crippen LogP contribution in [0, 0.1) is 19.8 Å². The lowest BCUT2D eigenvalue weighted by Gasteiger charge is -2.28. The van der Waals surface area contributed by atoms with E-state index in [1.807, 2.05) is 23.5 Å². The van der Waals surface area contributed by atoms with E-state index in [4.69, 9.17) is 0 Å². The van der Waals surface area contributed by atoms with Crippen LogP contribution in [0.15, 0.2) is 42.7 Å².